The zero-order valence-corrected chi connectivity index (χ0v) is 9.60. The van der Waals surface area contributed by atoms with Gasteiger partial charge in [-0.25, -0.2) is 0 Å². The van der Waals surface area contributed by atoms with Gasteiger partial charge >= 0.3 is 0 Å². The van der Waals surface area contributed by atoms with Crippen LogP contribution in [0.25, 0.3) is 0 Å². The molecule has 1 rings (SSSR count). The molecule has 15 heavy (non-hydrogen) atoms. The van der Waals surface area contributed by atoms with Gasteiger partial charge in [0.25, 0.3) is 0 Å². The molecule has 4 nitrogen and oxygen atoms in total. The van der Waals surface area contributed by atoms with Crippen molar-refractivity contribution in [3.05, 3.63) is 0 Å². The standard InChI is InChI=1S/C11H23NO3/c1-3-9-7(5-13)4-8(6-15-2)10(12)11(9)14/h7-11,13-14H,3-6,12H2,1-2H3/t7?,8?,9-,10-,11-/m1/s1. The van der Waals surface area contributed by atoms with Crippen LogP contribution < -0.4 is 5.73 Å². The second-order valence-corrected chi connectivity index (χ2v) is 4.53. The maximum Gasteiger partial charge on any atom is 0.0726 e. The molecule has 2 unspecified atom stereocenters. The van der Waals surface area contributed by atoms with Crippen molar-refractivity contribution in [2.75, 3.05) is 20.3 Å². The topological polar surface area (TPSA) is 75.7 Å². The van der Waals surface area contributed by atoms with Crippen LogP contribution in [0.3, 0.4) is 0 Å². The van der Waals surface area contributed by atoms with Gasteiger partial charge in [0.05, 0.1) is 12.7 Å². The summed E-state index contributed by atoms with van der Waals surface area (Å²) in [5, 5.41) is 19.3. The molecule has 5 atom stereocenters. The van der Waals surface area contributed by atoms with Crippen LogP contribution in [-0.4, -0.2) is 42.7 Å². The monoisotopic (exact) mass is 217 g/mol. The van der Waals surface area contributed by atoms with Crippen LogP contribution in [0.5, 0.6) is 0 Å². The summed E-state index contributed by atoms with van der Waals surface area (Å²) in [6.07, 6.45) is 1.20. The highest BCUT2D eigenvalue weighted by Gasteiger charge is 2.40. The van der Waals surface area contributed by atoms with Crippen LogP contribution >= 0.6 is 0 Å². The van der Waals surface area contributed by atoms with Crippen molar-refractivity contribution in [3.8, 4) is 0 Å². The van der Waals surface area contributed by atoms with Crippen LogP contribution in [0.15, 0.2) is 0 Å². The van der Waals surface area contributed by atoms with E-state index in [1.54, 1.807) is 7.11 Å². The second-order valence-electron chi connectivity index (χ2n) is 4.53. The number of nitrogens with two attached hydrogens (primary N) is 1. The molecule has 0 aromatic heterocycles. The molecule has 0 spiro atoms. The first-order valence-corrected chi connectivity index (χ1v) is 5.69. The van der Waals surface area contributed by atoms with Crippen LogP contribution in [0.1, 0.15) is 19.8 Å². The molecule has 1 fully saturated rings. The molecule has 0 saturated heterocycles. The number of hydrogen-bond acceptors (Lipinski definition) is 4. The summed E-state index contributed by atoms with van der Waals surface area (Å²) >= 11 is 0. The molecule has 4 N–H and O–H groups in total. The largest absolute Gasteiger partial charge is 0.396 e. The Hall–Kier alpha value is -0.160. The van der Waals surface area contributed by atoms with Crippen molar-refractivity contribution in [1.29, 1.82) is 0 Å². The van der Waals surface area contributed by atoms with Crippen molar-refractivity contribution in [2.24, 2.45) is 23.5 Å². The van der Waals surface area contributed by atoms with E-state index in [4.69, 9.17) is 10.5 Å². The highest BCUT2D eigenvalue weighted by atomic mass is 16.5. The summed E-state index contributed by atoms with van der Waals surface area (Å²) in [6, 6.07) is -0.224. The Morgan fingerprint density at radius 2 is 2.07 bits per heavy atom. The number of aliphatic hydroxyl groups is 2. The zero-order chi connectivity index (χ0) is 11.4. The fraction of sp³-hybridized carbons (Fsp3) is 1.00. The van der Waals surface area contributed by atoms with Gasteiger partial charge in [-0.1, -0.05) is 13.3 Å². The predicted molar refractivity (Wildman–Crippen MR) is 58.3 cm³/mol. The van der Waals surface area contributed by atoms with Gasteiger partial charge in [-0.15, -0.1) is 0 Å². The fourth-order valence-electron chi connectivity index (χ4n) is 2.74. The smallest absolute Gasteiger partial charge is 0.0726 e. The molecular weight excluding hydrogens is 194 g/mol. The van der Waals surface area contributed by atoms with Gasteiger partial charge in [-0.2, -0.15) is 0 Å². The number of methoxy groups -OCH3 is 1. The average Bonchev–Trinajstić information content (AvgIpc) is 2.24. The minimum Gasteiger partial charge on any atom is -0.396 e. The van der Waals surface area contributed by atoms with Crippen LogP contribution in [0.4, 0.5) is 0 Å². The molecule has 4 heteroatoms. The Labute approximate surface area is 91.4 Å². The molecule has 0 aliphatic heterocycles. The number of ether oxygens (including phenoxy) is 1. The second kappa shape index (κ2) is 5.80. The van der Waals surface area contributed by atoms with Crippen molar-refractivity contribution in [1.82, 2.24) is 0 Å². The molecule has 90 valence electrons. The van der Waals surface area contributed by atoms with E-state index < -0.39 is 6.10 Å². The Kier molecular flexibility index (Phi) is 4.99. The molecule has 0 amide bonds. The van der Waals surface area contributed by atoms with Crippen molar-refractivity contribution >= 4 is 0 Å². The van der Waals surface area contributed by atoms with Crippen molar-refractivity contribution < 1.29 is 14.9 Å². The van der Waals surface area contributed by atoms with E-state index in [0.29, 0.717) is 6.61 Å². The van der Waals surface area contributed by atoms with E-state index in [2.05, 4.69) is 0 Å². The number of hydrogen-bond donors (Lipinski definition) is 3. The first-order valence-electron chi connectivity index (χ1n) is 5.69. The van der Waals surface area contributed by atoms with E-state index in [9.17, 15) is 10.2 Å². The normalized spacial score (nSPS) is 41.8. The minimum absolute atomic E-state index is 0.123. The highest BCUT2D eigenvalue weighted by molar-refractivity contribution is 4.93. The van der Waals surface area contributed by atoms with E-state index in [1.165, 1.54) is 0 Å². The van der Waals surface area contributed by atoms with Gasteiger partial charge in [0, 0.05) is 25.7 Å². The molecule has 0 aromatic carbocycles. The quantitative estimate of drug-likeness (QED) is 0.618. The summed E-state index contributed by atoms with van der Waals surface area (Å²) in [5.74, 6) is 0.438. The molecular formula is C11H23NO3. The van der Waals surface area contributed by atoms with Crippen LogP contribution in [0, 0.1) is 17.8 Å². The first kappa shape index (κ1) is 12.9. The minimum atomic E-state index is -0.513. The van der Waals surface area contributed by atoms with Gasteiger partial charge in [0.15, 0.2) is 0 Å². The van der Waals surface area contributed by atoms with E-state index >= 15 is 0 Å². The van der Waals surface area contributed by atoms with Gasteiger partial charge < -0.3 is 20.7 Å². The molecule has 0 bridgehead atoms. The Morgan fingerprint density at radius 3 is 2.53 bits per heavy atom. The summed E-state index contributed by atoms with van der Waals surface area (Å²) in [6.45, 7) is 2.72. The molecule has 1 saturated carbocycles. The molecule has 1 aliphatic rings. The first-order chi connectivity index (χ1) is 7.15. The van der Waals surface area contributed by atoms with Gasteiger partial charge in [0.2, 0.25) is 0 Å². The van der Waals surface area contributed by atoms with Gasteiger partial charge in [-0.05, 0) is 18.3 Å². The van der Waals surface area contributed by atoms with E-state index in [-0.39, 0.29) is 30.4 Å². The third kappa shape index (κ3) is 2.69. The number of rotatable bonds is 4. The third-order valence-corrected chi connectivity index (χ3v) is 3.68. The maximum absolute atomic E-state index is 10.0. The summed E-state index contributed by atoms with van der Waals surface area (Å²) < 4.78 is 5.09. The molecule has 0 radical (unpaired) electrons. The molecule has 0 aromatic rings. The van der Waals surface area contributed by atoms with Crippen molar-refractivity contribution in [2.45, 2.75) is 31.9 Å². The lowest BCUT2D eigenvalue weighted by Crippen LogP contribution is -2.54. The predicted octanol–water partition coefficient (Wildman–Crippen LogP) is -0.0244. The maximum atomic E-state index is 10.0. The lowest BCUT2D eigenvalue weighted by molar-refractivity contribution is -0.0464. The highest BCUT2D eigenvalue weighted by Crippen LogP contribution is 2.35. The van der Waals surface area contributed by atoms with E-state index in [0.717, 1.165) is 12.8 Å². The zero-order valence-electron chi connectivity index (χ0n) is 9.60. The number of aliphatic hydroxyl groups excluding tert-OH is 2. The Bertz CT molecular complexity index is 185. The Balaban J connectivity index is 2.68. The van der Waals surface area contributed by atoms with Crippen molar-refractivity contribution in [3.63, 3.8) is 0 Å². The lowest BCUT2D eigenvalue weighted by Gasteiger charge is -2.42. The van der Waals surface area contributed by atoms with Gasteiger partial charge in [-0.3, -0.25) is 0 Å². The molecule has 0 heterocycles. The summed E-state index contributed by atoms with van der Waals surface area (Å²) in [7, 11) is 1.64. The molecule has 1 aliphatic carbocycles. The fourth-order valence-corrected chi connectivity index (χ4v) is 2.74. The summed E-state index contributed by atoms with van der Waals surface area (Å²) in [5.41, 5.74) is 5.98. The average molecular weight is 217 g/mol. The van der Waals surface area contributed by atoms with Crippen LogP contribution in [-0.2, 0) is 4.74 Å². The van der Waals surface area contributed by atoms with E-state index in [1.807, 2.05) is 6.92 Å². The lowest BCUT2D eigenvalue weighted by atomic mass is 9.69. The SMILES string of the molecule is CC[C@@H]1C(CO)CC(COC)[C@@H](N)[C@@H]1O. The van der Waals surface area contributed by atoms with Gasteiger partial charge in [0.1, 0.15) is 0 Å². The van der Waals surface area contributed by atoms with Crippen LogP contribution in [0.2, 0.25) is 0 Å². The Morgan fingerprint density at radius 1 is 1.40 bits per heavy atom. The summed E-state index contributed by atoms with van der Waals surface area (Å²) in [4.78, 5) is 0. The third-order valence-electron chi connectivity index (χ3n) is 3.68.